The van der Waals surface area contributed by atoms with Crippen molar-refractivity contribution in [2.45, 2.75) is 56.9 Å². The van der Waals surface area contributed by atoms with E-state index >= 15 is 0 Å². The zero-order valence-corrected chi connectivity index (χ0v) is 19.1. The zero-order valence-electron chi connectivity index (χ0n) is 18.3. The van der Waals surface area contributed by atoms with E-state index in [9.17, 15) is 13.2 Å². The zero-order chi connectivity index (χ0) is 21.9. The molecule has 1 aliphatic heterocycles. The number of carbonyl (C=O) groups excluding carboxylic acids is 1. The highest BCUT2D eigenvalue weighted by atomic mass is 32.2. The first-order valence-corrected chi connectivity index (χ1v) is 12.0. The summed E-state index contributed by atoms with van der Waals surface area (Å²) in [5.74, 6) is -0.164. The van der Waals surface area contributed by atoms with Crippen LogP contribution in [0.25, 0.3) is 0 Å². The fourth-order valence-electron chi connectivity index (χ4n) is 3.79. The third kappa shape index (κ3) is 5.10. The molecule has 2 aromatic carbocycles. The summed E-state index contributed by atoms with van der Waals surface area (Å²) < 4.78 is 27.0. The van der Waals surface area contributed by atoms with Gasteiger partial charge in [0.15, 0.2) is 0 Å². The van der Waals surface area contributed by atoms with Crippen LogP contribution in [0.3, 0.4) is 0 Å². The second kappa shape index (κ2) is 8.90. The third-order valence-electron chi connectivity index (χ3n) is 5.84. The Morgan fingerprint density at radius 1 is 1.00 bits per heavy atom. The maximum atomic E-state index is 12.8. The minimum absolute atomic E-state index is 0.000781. The van der Waals surface area contributed by atoms with E-state index in [0.29, 0.717) is 30.8 Å². The Morgan fingerprint density at radius 3 is 2.10 bits per heavy atom. The summed E-state index contributed by atoms with van der Waals surface area (Å²) in [6, 6.07) is 16.8. The van der Waals surface area contributed by atoms with Gasteiger partial charge in [0.05, 0.1) is 10.9 Å². The maximum Gasteiger partial charge on any atom is 0.243 e. The number of piperidine rings is 1. The summed E-state index contributed by atoms with van der Waals surface area (Å²) in [4.78, 5) is 13.1. The lowest BCUT2D eigenvalue weighted by molar-refractivity contribution is -0.126. The van der Waals surface area contributed by atoms with Crippen LogP contribution < -0.4 is 5.32 Å². The van der Waals surface area contributed by atoms with Crippen LogP contribution in [0.15, 0.2) is 59.5 Å². The van der Waals surface area contributed by atoms with Gasteiger partial charge in [0.1, 0.15) is 0 Å². The number of amides is 1. The van der Waals surface area contributed by atoms with Crippen LogP contribution in [0, 0.1) is 5.92 Å². The molecule has 6 heteroatoms. The Kier molecular flexibility index (Phi) is 6.68. The summed E-state index contributed by atoms with van der Waals surface area (Å²) in [5.41, 5.74) is 2.43. The van der Waals surface area contributed by atoms with Crippen LogP contribution in [-0.2, 0) is 20.2 Å². The van der Waals surface area contributed by atoms with E-state index < -0.39 is 10.0 Å². The third-order valence-corrected chi connectivity index (χ3v) is 7.75. The molecule has 2 aromatic rings. The highest BCUT2D eigenvalue weighted by molar-refractivity contribution is 7.89. The van der Waals surface area contributed by atoms with Gasteiger partial charge in [-0.3, -0.25) is 4.79 Å². The van der Waals surface area contributed by atoms with Crippen molar-refractivity contribution in [1.82, 2.24) is 9.62 Å². The van der Waals surface area contributed by atoms with E-state index in [1.807, 2.05) is 6.92 Å². The molecule has 1 atom stereocenters. The molecule has 1 N–H and O–H groups in total. The molecular formula is C24H32N2O3S. The van der Waals surface area contributed by atoms with Gasteiger partial charge in [0, 0.05) is 19.0 Å². The van der Waals surface area contributed by atoms with Gasteiger partial charge in [-0.25, -0.2) is 8.42 Å². The van der Waals surface area contributed by atoms with Crippen LogP contribution in [0.4, 0.5) is 0 Å². The Balaban J connectivity index is 1.56. The molecule has 1 heterocycles. The minimum Gasteiger partial charge on any atom is -0.349 e. The lowest BCUT2D eigenvalue weighted by atomic mass is 9.86. The number of sulfonamides is 1. The smallest absolute Gasteiger partial charge is 0.243 e. The second-order valence-electron chi connectivity index (χ2n) is 9.09. The van der Waals surface area contributed by atoms with Crippen molar-refractivity contribution >= 4 is 15.9 Å². The average Bonchev–Trinajstić information content (AvgIpc) is 2.74. The fourth-order valence-corrected chi connectivity index (χ4v) is 5.28. The summed E-state index contributed by atoms with van der Waals surface area (Å²) in [6.07, 6.45) is 1.07. The monoisotopic (exact) mass is 428 g/mol. The van der Waals surface area contributed by atoms with Crippen molar-refractivity contribution in [2.24, 2.45) is 5.92 Å². The molecule has 1 amide bonds. The molecule has 0 aromatic heterocycles. The number of rotatable bonds is 5. The van der Waals surface area contributed by atoms with Crippen LogP contribution in [0.1, 0.15) is 57.7 Å². The molecule has 1 aliphatic rings. The molecule has 30 heavy (non-hydrogen) atoms. The van der Waals surface area contributed by atoms with Crippen molar-refractivity contribution in [1.29, 1.82) is 0 Å². The molecule has 1 saturated heterocycles. The van der Waals surface area contributed by atoms with Gasteiger partial charge in [0.25, 0.3) is 0 Å². The van der Waals surface area contributed by atoms with Crippen molar-refractivity contribution in [3.8, 4) is 0 Å². The van der Waals surface area contributed by atoms with Crippen molar-refractivity contribution in [3.05, 3.63) is 65.7 Å². The summed E-state index contributed by atoms with van der Waals surface area (Å²) >= 11 is 0. The first kappa shape index (κ1) is 22.5. The van der Waals surface area contributed by atoms with Crippen LogP contribution in [-0.4, -0.2) is 31.7 Å². The molecular weight excluding hydrogens is 396 g/mol. The normalized spacial score (nSPS) is 17.5. The van der Waals surface area contributed by atoms with Gasteiger partial charge in [-0.15, -0.1) is 0 Å². The van der Waals surface area contributed by atoms with Crippen molar-refractivity contribution < 1.29 is 13.2 Å². The van der Waals surface area contributed by atoms with Crippen LogP contribution >= 0.6 is 0 Å². The minimum atomic E-state index is -3.49. The Bertz CT molecular complexity index is 956. The topological polar surface area (TPSA) is 66.5 Å². The lowest BCUT2D eigenvalue weighted by Crippen LogP contribution is -2.43. The van der Waals surface area contributed by atoms with E-state index in [-0.39, 0.29) is 23.3 Å². The van der Waals surface area contributed by atoms with Crippen LogP contribution in [0.5, 0.6) is 0 Å². The predicted octanol–water partition coefficient (Wildman–Crippen LogP) is 4.26. The standard InChI is InChI=1S/C24H32N2O3S/c1-18(19-10-12-21(13-11-19)24(2,3)4)25-23(27)20-14-16-26(17-15-20)30(28,29)22-8-6-5-7-9-22/h5-13,18,20H,14-17H2,1-4H3,(H,25,27). The molecule has 0 saturated carbocycles. The summed E-state index contributed by atoms with van der Waals surface area (Å²) in [6.45, 7) is 9.25. The fraction of sp³-hybridized carbons (Fsp3) is 0.458. The number of nitrogens with zero attached hydrogens (tertiary/aromatic N) is 1. The summed E-state index contributed by atoms with van der Waals surface area (Å²) in [7, 11) is -3.49. The molecule has 0 spiro atoms. The highest BCUT2D eigenvalue weighted by Crippen LogP contribution is 2.26. The molecule has 0 aliphatic carbocycles. The molecule has 0 radical (unpaired) electrons. The number of nitrogens with one attached hydrogen (secondary N) is 1. The number of hydrogen-bond acceptors (Lipinski definition) is 3. The maximum absolute atomic E-state index is 12.8. The van der Waals surface area contributed by atoms with E-state index in [4.69, 9.17) is 0 Å². The van der Waals surface area contributed by atoms with Gasteiger partial charge in [-0.05, 0) is 48.4 Å². The van der Waals surface area contributed by atoms with E-state index in [2.05, 4.69) is 50.4 Å². The molecule has 5 nitrogen and oxygen atoms in total. The Hall–Kier alpha value is -2.18. The number of hydrogen-bond donors (Lipinski definition) is 1. The van der Waals surface area contributed by atoms with Gasteiger partial charge < -0.3 is 5.32 Å². The quantitative estimate of drug-likeness (QED) is 0.774. The Labute approximate surface area is 180 Å². The van der Waals surface area contributed by atoms with Gasteiger partial charge in [0.2, 0.25) is 15.9 Å². The molecule has 0 bridgehead atoms. The Morgan fingerprint density at radius 2 is 1.57 bits per heavy atom. The summed E-state index contributed by atoms with van der Waals surface area (Å²) in [5, 5.41) is 3.10. The van der Waals surface area contributed by atoms with E-state index in [1.54, 1.807) is 30.3 Å². The van der Waals surface area contributed by atoms with Crippen LogP contribution in [0.2, 0.25) is 0 Å². The van der Waals surface area contributed by atoms with Crippen molar-refractivity contribution in [3.63, 3.8) is 0 Å². The van der Waals surface area contributed by atoms with Gasteiger partial charge in [-0.1, -0.05) is 63.2 Å². The number of benzene rings is 2. The number of carbonyl (C=O) groups is 1. The molecule has 1 unspecified atom stereocenters. The molecule has 162 valence electrons. The van der Waals surface area contributed by atoms with E-state index in [1.165, 1.54) is 9.87 Å². The SMILES string of the molecule is CC(NC(=O)C1CCN(S(=O)(=O)c2ccccc2)CC1)c1ccc(C(C)(C)C)cc1. The van der Waals surface area contributed by atoms with E-state index in [0.717, 1.165) is 5.56 Å². The van der Waals surface area contributed by atoms with Crippen molar-refractivity contribution in [2.75, 3.05) is 13.1 Å². The first-order chi connectivity index (χ1) is 14.1. The predicted molar refractivity (Wildman–Crippen MR) is 120 cm³/mol. The largest absolute Gasteiger partial charge is 0.349 e. The van der Waals surface area contributed by atoms with Gasteiger partial charge in [-0.2, -0.15) is 4.31 Å². The average molecular weight is 429 g/mol. The molecule has 1 fully saturated rings. The van der Waals surface area contributed by atoms with Gasteiger partial charge >= 0.3 is 0 Å². The molecule has 3 rings (SSSR count). The first-order valence-electron chi connectivity index (χ1n) is 10.5. The second-order valence-corrected chi connectivity index (χ2v) is 11.0. The lowest BCUT2D eigenvalue weighted by Gasteiger charge is -2.31. The highest BCUT2D eigenvalue weighted by Gasteiger charge is 2.32.